The number of hydrogen-bond donors (Lipinski definition) is 1. The number of aliphatic carboxylic acids is 1. The zero-order valence-corrected chi connectivity index (χ0v) is 9.77. The van der Waals surface area contributed by atoms with Crippen LogP contribution < -0.4 is 4.74 Å². The van der Waals surface area contributed by atoms with Gasteiger partial charge in [0.2, 0.25) is 0 Å². The minimum Gasteiger partial charge on any atom is -0.479 e. The van der Waals surface area contributed by atoms with Crippen molar-refractivity contribution in [3.05, 3.63) is 29.8 Å². The fraction of sp³-hybridized carbons (Fsp3) is 0.462. The van der Waals surface area contributed by atoms with Crippen LogP contribution in [0, 0.1) is 6.92 Å². The zero-order chi connectivity index (χ0) is 12.0. The van der Waals surface area contributed by atoms with Crippen LogP contribution in [0.15, 0.2) is 24.3 Å². The van der Waals surface area contributed by atoms with Gasteiger partial charge in [-0.1, -0.05) is 31.5 Å². The number of carbonyl (C=O) groups is 1. The van der Waals surface area contributed by atoms with Crippen molar-refractivity contribution < 1.29 is 14.6 Å². The van der Waals surface area contributed by atoms with Crippen LogP contribution in [0.5, 0.6) is 5.75 Å². The summed E-state index contributed by atoms with van der Waals surface area (Å²) >= 11 is 0. The molecule has 0 radical (unpaired) electrons. The predicted molar refractivity (Wildman–Crippen MR) is 62.8 cm³/mol. The Morgan fingerprint density at radius 1 is 1.44 bits per heavy atom. The van der Waals surface area contributed by atoms with E-state index in [9.17, 15) is 4.79 Å². The number of unbranched alkanes of at least 4 members (excludes halogenated alkanes) is 1. The Morgan fingerprint density at radius 2 is 2.12 bits per heavy atom. The first-order chi connectivity index (χ1) is 7.65. The van der Waals surface area contributed by atoms with Crippen LogP contribution in [0.2, 0.25) is 0 Å². The molecule has 88 valence electrons. The molecule has 1 N–H and O–H groups in total. The number of carboxylic acids is 1. The predicted octanol–water partition coefficient (Wildman–Crippen LogP) is 3.02. The molecular weight excluding hydrogens is 204 g/mol. The molecule has 0 fully saturated rings. The minimum absolute atomic E-state index is 0.556. The van der Waals surface area contributed by atoms with Crippen molar-refractivity contribution in [3.63, 3.8) is 0 Å². The van der Waals surface area contributed by atoms with Crippen molar-refractivity contribution >= 4 is 5.97 Å². The standard InChI is InChI=1S/C13H18O3/c1-3-4-8-12(13(14)15)16-11-9-6-5-7-10(11)2/h5-7,9,12H,3-4,8H2,1-2H3,(H,14,15). The monoisotopic (exact) mass is 222 g/mol. The van der Waals surface area contributed by atoms with E-state index >= 15 is 0 Å². The molecule has 0 heterocycles. The molecular formula is C13H18O3. The summed E-state index contributed by atoms with van der Waals surface area (Å²) in [6, 6.07) is 7.47. The Morgan fingerprint density at radius 3 is 2.69 bits per heavy atom. The Hall–Kier alpha value is -1.51. The first-order valence-electron chi connectivity index (χ1n) is 5.60. The van der Waals surface area contributed by atoms with E-state index in [4.69, 9.17) is 9.84 Å². The van der Waals surface area contributed by atoms with E-state index in [0.29, 0.717) is 12.2 Å². The van der Waals surface area contributed by atoms with Crippen LogP contribution in [0.4, 0.5) is 0 Å². The summed E-state index contributed by atoms with van der Waals surface area (Å²) in [7, 11) is 0. The minimum atomic E-state index is -0.892. The van der Waals surface area contributed by atoms with Gasteiger partial charge in [-0.25, -0.2) is 4.79 Å². The molecule has 0 amide bonds. The van der Waals surface area contributed by atoms with Crippen molar-refractivity contribution in [1.82, 2.24) is 0 Å². The van der Waals surface area contributed by atoms with Gasteiger partial charge in [0.05, 0.1) is 0 Å². The van der Waals surface area contributed by atoms with E-state index in [1.54, 1.807) is 6.07 Å². The molecule has 0 aliphatic rings. The quantitative estimate of drug-likeness (QED) is 0.804. The molecule has 1 unspecified atom stereocenters. The zero-order valence-electron chi connectivity index (χ0n) is 9.77. The number of carboxylic acid groups (broad SMARTS) is 1. The molecule has 0 spiro atoms. The van der Waals surface area contributed by atoms with Gasteiger partial charge in [-0.05, 0) is 31.4 Å². The molecule has 3 nitrogen and oxygen atoms in total. The third kappa shape index (κ3) is 3.57. The lowest BCUT2D eigenvalue weighted by Crippen LogP contribution is -2.27. The number of ether oxygens (including phenoxy) is 1. The SMILES string of the molecule is CCCCC(Oc1ccccc1C)C(=O)O. The Labute approximate surface area is 96.1 Å². The number of para-hydroxylation sites is 1. The Bertz CT molecular complexity index is 347. The molecule has 0 bridgehead atoms. The summed E-state index contributed by atoms with van der Waals surface area (Å²) < 4.78 is 5.51. The van der Waals surface area contributed by atoms with E-state index in [0.717, 1.165) is 18.4 Å². The summed E-state index contributed by atoms with van der Waals surface area (Å²) in [5.41, 5.74) is 0.963. The third-order valence-electron chi connectivity index (χ3n) is 2.46. The number of rotatable bonds is 6. The van der Waals surface area contributed by atoms with E-state index in [1.165, 1.54) is 0 Å². The van der Waals surface area contributed by atoms with Gasteiger partial charge >= 0.3 is 5.97 Å². The van der Waals surface area contributed by atoms with Gasteiger partial charge in [0.25, 0.3) is 0 Å². The van der Waals surface area contributed by atoms with Gasteiger partial charge < -0.3 is 9.84 Å². The van der Waals surface area contributed by atoms with Crippen LogP contribution in [-0.4, -0.2) is 17.2 Å². The molecule has 0 aliphatic heterocycles. The highest BCUT2D eigenvalue weighted by molar-refractivity contribution is 5.72. The maximum atomic E-state index is 11.0. The second-order valence-corrected chi connectivity index (χ2v) is 3.85. The van der Waals surface area contributed by atoms with Crippen LogP contribution in [0.3, 0.4) is 0 Å². The fourth-order valence-electron chi connectivity index (χ4n) is 1.46. The molecule has 0 aliphatic carbocycles. The largest absolute Gasteiger partial charge is 0.479 e. The molecule has 1 atom stereocenters. The maximum absolute atomic E-state index is 11.0. The number of aryl methyl sites for hydroxylation is 1. The summed E-state index contributed by atoms with van der Waals surface area (Å²) in [6.45, 7) is 3.95. The topological polar surface area (TPSA) is 46.5 Å². The Balaban J connectivity index is 2.68. The summed E-state index contributed by atoms with van der Waals surface area (Å²) in [5, 5.41) is 9.03. The molecule has 0 saturated heterocycles. The summed E-state index contributed by atoms with van der Waals surface area (Å²) in [6.07, 6.45) is 1.66. The average Bonchev–Trinajstić information content (AvgIpc) is 2.26. The first-order valence-corrected chi connectivity index (χ1v) is 5.60. The Kier molecular flexibility index (Phi) is 4.83. The molecule has 1 aromatic carbocycles. The van der Waals surface area contributed by atoms with Crippen molar-refractivity contribution in [2.75, 3.05) is 0 Å². The van der Waals surface area contributed by atoms with E-state index in [2.05, 4.69) is 0 Å². The summed E-state index contributed by atoms with van der Waals surface area (Å²) in [4.78, 5) is 11.0. The molecule has 1 rings (SSSR count). The van der Waals surface area contributed by atoms with Crippen LogP contribution in [0.25, 0.3) is 0 Å². The van der Waals surface area contributed by atoms with Gasteiger partial charge in [-0.3, -0.25) is 0 Å². The van der Waals surface area contributed by atoms with Gasteiger partial charge in [0.15, 0.2) is 6.10 Å². The molecule has 0 aromatic heterocycles. The molecule has 0 saturated carbocycles. The second-order valence-electron chi connectivity index (χ2n) is 3.85. The van der Waals surface area contributed by atoms with Gasteiger partial charge in [-0.15, -0.1) is 0 Å². The van der Waals surface area contributed by atoms with Crippen molar-refractivity contribution in [2.45, 2.75) is 39.2 Å². The highest BCUT2D eigenvalue weighted by Crippen LogP contribution is 2.19. The van der Waals surface area contributed by atoms with Crippen LogP contribution in [0.1, 0.15) is 31.7 Å². The normalized spacial score (nSPS) is 12.1. The van der Waals surface area contributed by atoms with E-state index in [1.807, 2.05) is 32.0 Å². The molecule has 16 heavy (non-hydrogen) atoms. The first kappa shape index (κ1) is 12.6. The van der Waals surface area contributed by atoms with Gasteiger partial charge in [0, 0.05) is 0 Å². The fourth-order valence-corrected chi connectivity index (χ4v) is 1.46. The second kappa shape index (κ2) is 6.16. The maximum Gasteiger partial charge on any atom is 0.344 e. The highest BCUT2D eigenvalue weighted by Gasteiger charge is 2.19. The van der Waals surface area contributed by atoms with Crippen LogP contribution in [-0.2, 0) is 4.79 Å². The highest BCUT2D eigenvalue weighted by atomic mass is 16.5. The molecule has 1 aromatic rings. The lowest BCUT2D eigenvalue weighted by atomic mass is 10.1. The number of hydrogen-bond acceptors (Lipinski definition) is 2. The van der Waals surface area contributed by atoms with Crippen molar-refractivity contribution in [3.8, 4) is 5.75 Å². The van der Waals surface area contributed by atoms with Crippen molar-refractivity contribution in [1.29, 1.82) is 0 Å². The van der Waals surface area contributed by atoms with Gasteiger partial charge in [0.1, 0.15) is 5.75 Å². The van der Waals surface area contributed by atoms with E-state index < -0.39 is 12.1 Å². The van der Waals surface area contributed by atoms with Gasteiger partial charge in [-0.2, -0.15) is 0 Å². The lowest BCUT2D eigenvalue weighted by Gasteiger charge is -2.16. The van der Waals surface area contributed by atoms with Crippen LogP contribution >= 0.6 is 0 Å². The van der Waals surface area contributed by atoms with E-state index in [-0.39, 0.29) is 0 Å². The third-order valence-corrected chi connectivity index (χ3v) is 2.46. The van der Waals surface area contributed by atoms with Crippen molar-refractivity contribution in [2.24, 2.45) is 0 Å². The number of benzene rings is 1. The lowest BCUT2D eigenvalue weighted by molar-refractivity contribution is -0.145. The average molecular weight is 222 g/mol. The smallest absolute Gasteiger partial charge is 0.344 e. The summed E-state index contributed by atoms with van der Waals surface area (Å²) in [5.74, 6) is -0.234. The molecule has 3 heteroatoms.